The Balaban J connectivity index is 1.76. The van der Waals surface area contributed by atoms with E-state index in [0.717, 1.165) is 47.1 Å². The van der Waals surface area contributed by atoms with Crippen LogP contribution in [0.5, 0.6) is 0 Å². The van der Waals surface area contributed by atoms with Gasteiger partial charge in [0.2, 0.25) is 11.8 Å². The second-order valence-corrected chi connectivity index (χ2v) is 7.64. The van der Waals surface area contributed by atoms with Gasteiger partial charge in [0.15, 0.2) is 0 Å². The summed E-state index contributed by atoms with van der Waals surface area (Å²) >= 11 is 3.46. The smallest absolute Gasteiger partial charge is 0.235 e. The van der Waals surface area contributed by atoms with Crippen molar-refractivity contribution < 1.29 is 9.59 Å². The van der Waals surface area contributed by atoms with Crippen molar-refractivity contribution in [2.45, 2.75) is 44.4 Å². The second kappa shape index (κ2) is 8.04. The van der Waals surface area contributed by atoms with Gasteiger partial charge in [-0.05, 0) is 54.8 Å². The van der Waals surface area contributed by atoms with E-state index in [-0.39, 0.29) is 11.8 Å². The molecule has 2 amide bonds. The molecular weight excluding hydrogens is 392 g/mol. The molecule has 3 rings (SSSR count). The van der Waals surface area contributed by atoms with Crippen LogP contribution in [0.2, 0.25) is 0 Å². The predicted octanol–water partition coefficient (Wildman–Crippen LogP) is 5.25. The van der Waals surface area contributed by atoms with Gasteiger partial charge in [-0.2, -0.15) is 0 Å². The molecule has 2 aromatic rings. The van der Waals surface area contributed by atoms with E-state index in [1.165, 1.54) is 0 Å². The Hall–Kier alpha value is -2.14. The van der Waals surface area contributed by atoms with Crippen molar-refractivity contribution in [2.24, 2.45) is 0 Å². The highest BCUT2D eigenvalue weighted by Crippen LogP contribution is 2.42. The monoisotopic (exact) mass is 414 g/mol. The van der Waals surface area contributed by atoms with Gasteiger partial charge in [-0.1, -0.05) is 47.8 Å². The van der Waals surface area contributed by atoms with E-state index in [1.54, 1.807) is 0 Å². The van der Waals surface area contributed by atoms with Crippen LogP contribution in [0.1, 0.15) is 44.6 Å². The summed E-state index contributed by atoms with van der Waals surface area (Å²) in [6, 6.07) is 15.3. The third-order valence-electron chi connectivity index (χ3n) is 5.04. The lowest BCUT2D eigenvalue weighted by molar-refractivity contribution is -0.121. The van der Waals surface area contributed by atoms with E-state index in [9.17, 15) is 9.59 Å². The molecule has 0 saturated heterocycles. The van der Waals surface area contributed by atoms with E-state index in [1.807, 2.05) is 55.5 Å². The van der Waals surface area contributed by atoms with Crippen molar-refractivity contribution in [3.05, 3.63) is 58.6 Å². The summed E-state index contributed by atoms with van der Waals surface area (Å²) in [4.78, 5) is 24.6. The molecular formula is C21H23BrN2O2. The minimum atomic E-state index is -0.463. The topological polar surface area (TPSA) is 58.2 Å². The molecule has 0 radical (unpaired) electrons. The molecule has 5 heteroatoms. The van der Waals surface area contributed by atoms with Crippen LogP contribution in [0, 0.1) is 0 Å². The largest absolute Gasteiger partial charge is 0.326 e. The first-order valence-electron chi connectivity index (χ1n) is 9.01. The summed E-state index contributed by atoms with van der Waals surface area (Å²) in [5.74, 6) is 0.0181. The third-order valence-corrected chi connectivity index (χ3v) is 5.56. The fourth-order valence-corrected chi connectivity index (χ4v) is 3.80. The minimum absolute atomic E-state index is 0.0260. The lowest BCUT2D eigenvalue weighted by atomic mass is 9.78. The van der Waals surface area contributed by atoms with Crippen LogP contribution in [-0.4, -0.2) is 11.8 Å². The first kappa shape index (κ1) is 18.6. The van der Waals surface area contributed by atoms with Crippen molar-refractivity contribution >= 4 is 39.1 Å². The van der Waals surface area contributed by atoms with Gasteiger partial charge in [0.25, 0.3) is 0 Å². The molecule has 0 bridgehead atoms. The highest BCUT2D eigenvalue weighted by molar-refractivity contribution is 9.10. The molecule has 4 nitrogen and oxygen atoms in total. The Morgan fingerprint density at radius 1 is 0.923 bits per heavy atom. The maximum atomic E-state index is 13.1. The van der Waals surface area contributed by atoms with Gasteiger partial charge in [0.05, 0.1) is 5.41 Å². The first-order chi connectivity index (χ1) is 12.5. The van der Waals surface area contributed by atoms with Crippen LogP contribution in [0.3, 0.4) is 0 Å². The van der Waals surface area contributed by atoms with E-state index in [2.05, 4.69) is 26.6 Å². The molecule has 0 heterocycles. The first-order valence-corrected chi connectivity index (χ1v) is 9.80. The molecule has 1 aliphatic rings. The molecule has 1 fully saturated rings. The van der Waals surface area contributed by atoms with Gasteiger partial charge >= 0.3 is 0 Å². The van der Waals surface area contributed by atoms with E-state index in [0.29, 0.717) is 6.42 Å². The van der Waals surface area contributed by atoms with Crippen LogP contribution < -0.4 is 10.6 Å². The van der Waals surface area contributed by atoms with Crippen LogP contribution in [-0.2, 0) is 15.0 Å². The molecule has 26 heavy (non-hydrogen) atoms. The Morgan fingerprint density at radius 3 is 2.00 bits per heavy atom. The number of carbonyl (C=O) groups is 2. The molecule has 0 spiro atoms. The lowest BCUT2D eigenvalue weighted by Crippen LogP contribution is -2.37. The van der Waals surface area contributed by atoms with Crippen LogP contribution in [0.15, 0.2) is 53.0 Å². The van der Waals surface area contributed by atoms with Gasteiger partial charge in [-0.15, -0.1) is 0 Å². The summed E-state index contributed by atoms with van der Waals surface area (Å²) in [5.41, 5.74) is 2.09. The predicted molar refractivity (Wildman–Crippen MR) is 108 cm³/mol. The Morgan fingerprint density at radius 2 is 1.46 bits per heavy atom. The highest BCUT2D eigenvalue weighted by atomic mass is 79.9. The van der Waals surface area contributed by atoms with Gasteiger partial charge in [0.1, 0.15) is 0 Å². The number of nitrogens with one attached hydrogen (secondary N) is 2. The Bertz CT molecular complexity index is 779. The quantitative estimate of drug-likeness (QED) is 0.701. The summed E-state index contributed by atoms with van der Waals surface area (Å²) < 4.78 is 1.01. The van der Waals surface area contributed by atoms with Crippen molar-refractivity contribution in [2.75, 3.05) is 10.6 Å². The van der Waals surface area contributed by atoms with Crippen LogP contribution >= 0.6 is 15.9 Å². The lowest BCUT2D eigenvalue weighted by Gasteiger charge is -2.28. The highest BCUT2D eigenvalue weighted by Gasteiger charge is 2.42. The molecule has 1 aliphatic carbocycles. The summed E-state index contributed by atoms with van der Waals surface area (Å²) in [7, 11) is 0. The number of hydrogen-bond acceptors (Lipinski definition) is 2. The van der Waals surface area contributed by atoms with Gasteiger partial charge < -0.3 is 10.6 Å². The zero-order valence-corrected chi connectivity index (χ0v) is 16.4. The number of anilines is 2. The normalized spacial score (nSPS) is 15.5. The van der Waals surface area contributed by atoms with E-state index < -0.39 is 5.41 Å². The molecule has 0 unspecified atom stereocenters. The van der Waals surface area contributed by atoms with Gasteiger partial charge in [-0.3, -0.25) is 9.59 Å². The SMILES string of the molecule is CCC(=O)Nc1ccc(NC(=O)C2(c3ccc(Br)cc3)CCCC2)cc1. The van der Waals surface area contributed by atoms with Crippen molar-refractivity contribution in [3.63, 3.8) is 0 Å². The van der Waals surface area contributed by atoms with E-state index >= 15 is 0 Å². The zero-order chi connectivity index (χ0) is 18.6. The summed E-state index contributed by atoms with van der Waals surface area (Å²) in [6.07, 6.45) is 4.29. The fraction of sp³-hybridized carbons (Fsp3) is 0.333. The third kappa shape index (κ3) is 3.98. The van der Waals surface area contributed by atoms with Crippen molar-refractivity contribution in [3.8, 4) is 0 Å². The number of carbonyl (C=O) groups excluding carboxylic acids is 2. The van der Waals surface area contributed by atoms with Crippen LogP contribution in [0.4, 0.5) is 11.4 Å². The second-order valence-electron chi connectivity index (χ2n) is 6.73. The number of hydrogen-bond donors (Lipinski definition) is 2. The van der Waals surface area contributed by atoms with Crippen LogP contribution in [0.25, 0.3) is 0 Å². The Labute approximate surface area is 162 Å². The van der Waals surface area contributed by atoms with E-state index in [4.69, 9.17) is 0 Å². The molecule has 1 saturated carbocycles. The maximum Gasteiger partial charge on any atom is 0.235 e. The van der Waals surface area contributed by atoms with Crippen molar-refractivity contribution in [1.29, 1.82) is 0 Å². The number of halogens is 1. The number of benzene rings is 2. The number of amides is 2. The van der Waals surface area contributed by atoms with Gasteiger partial charge in [-0.25, -0.2) is 0 Å². The zero-order valence-electron chi connectivity index (χ0n) is 14.8. The molecule has 2 aromatic carbocycles. The maximum absolute atomic E-state index is 13.1. The summed E-state index contributed by atoms with van der Waals surface area (Å²) in [5, 5.41) is 5.88. The molecule has 136 valence electrons. The minimum Gasteiger partial charge on any atom is -0.326 e. The van der Waals surface area contributed by atoms with Crippen molar-refractivity contribution in [1.82, 2.24) is 0 Å². The van der Waals surface area contributed by atoms with Gasteiger partial charge in [0, 0.05) is 22.3 Å². The average molecular weight is 415 g/mol. The number of rotatable bonds is 5. The molecule has 2 N–H and O–H groups in total. The summed E-state index contributed by atoms with van der Waals surface area (Å²) in [6.45, 7) is 1.81. The Kier molecular flexibility index (Phi) is 5.77. The molecule has 0 atom stereocenters. The molecule has 0 aliphatic heterocycles. The average Bonchev–Trinajstić information content (AvgIpc) is 3.15. The standard InChI is InChI=1S/C21H23BrN2O2/c1-2-19(25)23-17-9-11-18(12-10-17)24-20(26)21(13-3-4-14-21)15-5-7-16(22)8-6-15/h5-12H,2-4,13-14H2,1H3,(H,23,25)(H,24,26). The fourth-order valence-electron chi connectivity index (χ4n) is 3.53. The molecule has 0 aromatic heterocycles.